The lowest BCUT2D eigenvalue weighted by atomic mass is 9.98. The van der Waals surface area contributed by atoms with Crippen LogP contribution < -0.4 is 5.32 Å². The smallest absolute Gasteiger partial charge is 0.345 e. The molecule has 3 aromatic rings. The summed E-state index contributed by atoms with van der Waals surface area (Å²) in [6, 6.07) is 12.3. The number of alkyl halides is 3. The average molecular weight is 487 g/mol. The van der Waals surface area contributed by atoms with Crippen LogP contribution in [0.3, 0.4) is 0 Å². The van der Waals surface area contributed by atoms with Crippen molar-refractivity contribution in [1.82, 2.24) is 20.1 Å². The monoisotopic (exact) mass is 486 g/mol. The van der Waals surface area contributed by atoms with Crippen molar-refractivity contribution in [2.24, 2.45) is 0 Å². The summed E-state index contributed by atoms with van der Waals surface area (Å²) in [7, 11) is 0. The highest BCUT2D eigenvalue weighted by Crippen LogP contribution is 2.31. The molecule has 2 aliphatic heterocycles. The van der Waals surface area contributed by atoms with E-state index in [9.17, 15) is 22.8 Å². The topological polar surface area (TPSA) is 65.5 Å². The Balaban J connectivity index is 1.10. The first-order valence-corrected chi connectivity index (χ1v) is 11.7. The summed E-state index contributed by atoms with van der Waals surface area (Å²) in [5.74, 6) is -0.214. The van der Waals surface area contributed by atoms with Gasteiger partial charge >= 0.3 is 6.18 Å². The van der Waals surface area contributed by atoms with Gasteiger partial charge in [0.05, 0.1) is 11.6 Å². The van der Waals surface area contributed by atoms with E-state index in [1.165, 1.54) is 23.5 Å². The second-order valence-electron chi connectivity index (χ2n) is 8.48. The van der Waals surface area contributed by atoms with Gasteiger partial charge in [0.15, 0.2) is 5.01 Å². The van der Waals surface area contributed by atoms with Crippen molar-refractivity contribution in [1.29, 1.82) is 0 Å². The zero-order valence-electron chi connectivity index (χ0n) is 18.0. The molecular weight excluding hydrogens is 465 g/mol. The fraction of sp³-hybridized carbons (Fsp3) is 0.292. The van der Waals surface area contributed by atoms with Crippen molar-refractivity contribution >= 4 is 23.2 Å². The van der Waals surface area contributed by atoms with E-state index in [1.54, 1.807) is 40.7 Å². The number of aromatic nitrogens is 1. The predicted octanol–water partition coefficient (Wildman–Crippen LogP) is 3.77. The van der Waals surface area contributed by atoms with E-state index in [0.29, 0.717) is 29.2 Å². The van der Waals surface area contributed by atoms with E-state index >= 15 is 0 Å². The van der Waals surface area contributed by atoms with Crippen molar-refractivity contribution in [3.8, 4) is 11.1 Å². The molecule has 3 heterocycles. The molecule has 1 N–H and O–H groups in total. The molecule has 0 saturated carbocycles. The van der Waals surface area contributed by atoms with Gasteiger partial charge in [0, 0.05) is 49.4 Å². The third-order valence-electron chi connectivity index (χ3n) is 6.21. The van der Waals surface area contributed by atoms with Crippen LogP contribution >= 0.6 is 11.3 Å². The Hall–Kier alpha value is -3.24. The second-order valence-corrected chi connectivity index (χ2v) is 9.37. The Morgan fingerprint density at radius 1 is 0.941 bits per heavy atom. The van der Waals surface area contributed by atoms with Crippen molar-refractivity contribution in [3.05, 3.63) is 76.2 Å². The number of likely N-dealkylation sites (tertiary alicyclic amines) is 2. The lowest BCUT2D eigenvalue weighted by Crippen LogP contribution is -2.70. The Bertz CT molecular complexity index is 1170. The van der Waals surface area contributed by atoms with Gasteiger partial charge in [-0.25, -0.2) is 4.98 Å². The number of amides is 2. The van der Waals surface area contributed by atoms with Gasteiger partial charge in [-0.2, -0.15) is 13.2 Å². The van der Waals surface area contributed by atoms with E-state index in [-0.39, 0.29) is 23.9 Å². The van der Waals surface area contributed by atoms with Gasteiger partial charge in [0.1, 0.15) is 0 Å². The number of hydrogen-bond acceptors (Lipinski definition) is 5. The van der Waals surface area contributed by atoms with Crippen molar-refractivity contribution in [2.75, 3.05) is 26.2 Å². The number of nitrogens with one attached hydrogen (secondary N) is 1. The maximum Gasteiger partial charge on any atom is 0.416 e. The Morgan fingerprint density at radius 3 is 2.12 bits per heavy atom. The number of benzene rings is 2. The minimum absolute atomic E-state index is 0.0654. The van der Waals surface area contributed by atoms with Crippen LogP contribution in [0.15, 0.2) is 60.1 Å². The van der Waals surface area contributed by atoms with Crippen LogP contribution in [0, 0.1) is 0 Å². The summed E-state index contributed by atoms with van der Waals surface area (Å²) < 4.78 is 38.2. The Labute approximate surface area is 198 Å². The zero-order valence-corrected chi connectivity index (χ0v) is 18.8. The summed E-state index contributed by atoms with van der Waals surface area (Å²) in [4.78, 5) is 32.9. The fourth-order valence-corrected chi connectivity index (χ4v) is 4.71. The van der Waals surface area contributed by atoms with Gasteiger partial charge in [-0.15, -0.1) is 11.3 Å². The molecule has 0 aliphatic carbocycles. The van der Waals surface area contributed by atoms with E-state index < -0.39 is 11.7 Å². The second kappa shape index (κ2) is 8.84. The highest BCUT2D eigenvalue weighted by molar-refractivity contribution is 7.11. The molecule has 2 aromatic carbocycles. The number of carbonyl (C=O) groups is 2. The van der Waals surface area contributed by atoms with Gasteiger partial charge < -0.3 is 10.2 Å². The standard InChI is InChI=1S/C24H21F3N4O2S/c25-24(26,27)18-7-5-16(6-8-18)15-1-3-17(4-2-15)23(33)31-13-20(14-31)30-11-19(12-30)29-21(32)22-28-9-10-34-22/h1-10,19-20H,11-14H2,(H,29,32). The normalized spacial score (nSPS) is 17.2. The lowest BCUT2D eigenvalue weighted by Gasteiger charge is -2.51. The summed E-state index contributed by atoms with van der Waals surface area (Å²) >= 11 is 1.31. The molecule has 10 heteroatoms. The molecule has 34 heavy (non-hydrogen) atoms. The number of nitrogens with zero attached hydrogens (tertiary/aromatic N) is 3. The quantitative estimate of drug-likeness (QED) is 0.597. The van der Waals surface area contributed by atoms with Gasteiger partial charge in [-0.3, -0.25) is 14.5 Å². The van der Waals surface area contributed by atoms with Crippen LogP contribution in [0.5, 0.6) is 0 Å². The predicted molar refractivity (Wildman–Crippen MR) is 122 cm³/mol. The highest BCUT2D eigenvalue weighted by atomic mass is 32.1. The summed E-state index contributed by atoms with van der Waals surface area (Å²) in [6.45, 7) is 2.77. The molecular formula is C24H21F3N4O2S. The van der Waals surface area contributed by atoms with E-state index in [2.05, 4.69) is 15.2 Å². The first kappa shape index (κ1) is 22.5. The largest absolute Gasteiger partial charge is 0.416 e. The van der Waals surface area contributed by atoms with E-state index in [4.69, 9.17) is 0 Å². The van der Waals surface area contributed by atoms with Crippen LogP contribution in [0.4, 0.5) is 13.2 Å². The first-order valence-electron chi connectivity index (χ1n) is 10.8. The highest BCUT2D eigenvalue weighted by Gasteiger charge is 2.41. The molecule has 5 rings (SSSR count). The molecule has 0 bridgehead atoms. The van der Waals surface area contributed by atoms with Gasteiger partial charge in [-0.05, 0) is 35.4 Å². The minimum atomic E-state index is -4.36. The molecule has 2 aliphatic rings. The third-order valence-corrected chi connectivity index (χ3v) is 6.99. The molecule has 2 saturated heterocycles. The fourth-order valence-electron chi connectivity index (χ4n) is 4.18. The van der Waals surface area contributed by atoms with Crippen molar-refractivity contribution in [3.63, 3.8) is 0 Å². The summed E-state index contributed by atoms with van der Waals surface area (Å²) in [6.07, 6.45) is -2.76. The number of halogens is 3. The number of rotatable bonds is 5. The van der Waals surface area contributed by atoms with E-state index in [1.807, 2.05) is 0 Å². The average Bonchev–Trinajstić information content (AvgIpc) is 3.31. The number of carbonyl (C=O) groups excluding carboxylic acids is 2. The molecule has 0 atom stereocenters. The molecule has 176 valence electrons. The molecule has 0 spiro atoms. The van der Waals surface area contributed by atoms with Crippen LogP contribution in [0.2, 0.25) is 0 Å². The zero-order chi connectivity index (χ0) is 23.9. The molecule has 6 nitrogen and oxygen atoms in total. The first-order chi connectivity index (χ1) is 16.3. The van der Waals surface area contributed by atoms with E-state index in [0.717, 1.165) is 30.8 Å². The van der Waals surface area contributed by atoms with Crippen molar-refractivity contribution < 1.29 is 22.8 Å². The lowest BCUT2D eigenvalue weighted by molar-refractivity contribution is -0.137. The Kier molecular flexibility index (Phi) is 5.86. The van der Waals surface area contributed by atoms with Gasteiger partial charge in [-0.1, -0.05) is 24.3 Å². The maximum absolute atomic E-state index is 12.8. The molecule has 1 aromatic heterocycles. The van der Waals surface area contributed by atoms with Crippen LogP contribution in [-0.2, 0) is 6.18 Å². The summed E-state index contributed by atoms with van der Waals surface area (Å²) in [5, 5.41) is 5.20. The van der Waals surface area contributed by atoms with Gasteiger partial charge in [0.2, 0.25) is 0 Å². The minimum Gasteiger partial charge on any atom is -0.345 e. The van der Waals surface area contributed by atoms with Crippen molar-refractivity contribution in [2.45, 2.75) is 18.3 Å². The molecule has 0 unspecified atom stereocenters. The number of thiazole rings is 1. The Morgan fingerprint density at radius 2 is 1.56 bits per heavy atom. The maximum atomic E-state index is 12.8. The molecule has 0 radical (unpaired) electrons. The SMILES string of the molecule is O=C(NC1CN(C2CN(C(=O)c3ccc(-c4ccc(C(F)(F)F)cc4)cc3)C2)C1)c1nccs1. The van der Waals surface area contributed by atoms with Gasteiger partial charge in [0.25, 0.3) is 11.8 Å². The van der Waals surface area contributed by atoms with Crippen LogP contribution in [0.1, 0.15) is 25.7 Å². The molecule has 2 amide bonds. The number of hydrogen-bond donors (Lipinski definition) is 1. The van der Waals surface area contributed by atoms with Crippen LogP contribution in [-0.4, -0.2) is 64.9 Å². The third kappa shape index (κ3) is 4.55. The molecule has 2 fully saturated rings. The summed E-state index contributed by atoms with van der Waals surface area (Å²) in [5.41, 5.74) is 1.26. The van der Waals surface area contributed by atoms with Crippen LogP contribution in [0.25, 0.3) is 11.1 Å².